The maximum atomic E-state index is 12.9. The summed E-state index contributed by atoms with van der Waals surface area (Å²) in [5, 5.41) is 2.97. The van der Waals surface area contributed by atoms with Crippen molar-refractivity contribution in [1.29, 1.82) is 0 Å². The van der Waals surface area contributed by atoms with Crippen LogP contribution in [0.1, 0.15) is 29.7 Å². The predicted octanol–water partition coefficient (Wildman–Crippen LogP) is 3.36. The van der Waals surface area contributed by atoms with Gasteiger partial charge in [0.05, 0.1) is 22.3 Å². The van der Waals surface area contributed by atoms with Gasteiger partial charge in [0, 0.05) is 17.8 Å². The molecule has 1 aromatic carbocycles. The van der Waals surface area contributed by atoms with Gasteiger partial charge in [-0.15, -0.1) is 11.3 Å². The Kier molecular flexibility index (Phi) is 5.89. The molecule has 164 valence electrons. The first-order valence-corrected chi connectivity index (χ1v) is 12.1. The van der Waals surface area contributed by atoms with Crippen LogP contribution in [0, 0.1) is 0 Å². The molecule has 7 nitrogen and oxygen atoms in total. The number of hydrogen-bond donors (Lipinski definition) is 1. The zero-order valence-electron chi connectivity index (χ0n) is 16.3. The maximum absolute atomic E-state index is 12.9. The minimum absolute atomic E-state index is 0.0298. The summed E-state index contributed by atoms with van der Waals surface area (Å²) < 4.78 is 50.8. The Labute approximate surface area is 180 Å². The number of amides is 1. The van der Waals surface area contributed by atoms with E-state index in [0.717, 1.165) is 37.3 Å². The fraction of sp³-hybridized carbons (Fsp3) is 0.350. The Bertz CT molecular complexity index is 1320. The van der Waals surface area contributed by atoms with E-state index in [1.165, 1.54) is 45.3 Å². The summed E-state index contributed by atoms with van der Waals surface area (Å²) >= 11 is 1.53. The number of anilines is 1. The van der Waals surface area contributed by atoms with Crippen molar-refractivity contribution in [2.24, 2.45) is 0 Å². The smallest absolute Gasteiger partial charge is 0.325 e. The average Bonchev–Trinajstić information content (AvgIpc) is 3.13. The number of fused-ring (bicyclic) bond motifs is 3. The Balaban J connectivity index is 1.52. The summed E-state index contributed by atoms with van der Waals surface area (Å²) in [7, 11) is -4.87. The molecule has 0 atom stereocenters. The quantitative estimate of drug-likeness (QED) is 0.600. The molecule has 2 heterocycles. The maximum Gasteiger partial charge on any atom is 0.341 e. The molecule has 4 rings (SSSR count). The van der Waals surface area contributed by atoms with E-state index in [-0.39, 0.29) is 24.2 Å². The highest BCUT2D eigenvalue weighted by molar-refractivity contribution is 7.91. The number of hydrogen-bond acceptors (Lipinski definition) is 6. The van der Waals surface area contributed by atoms with Gasteiger partial charge >= 0.3 is 5.76 Å². The standard InChI is InChI=1S/C20H19F2N3O4S2/c21-20(22)31(28,29)15-8-4-2-6-13(15)24-16(26)9-10-25-11-23-18-17(19(25)27)12-5-1-3-7-14(12)30-18/h2,4,6,8,11,20H,1,3,5,7,9-10H2,(H,24,26). The molecule has 3 aromatic rings. The van der Waals surface area contributed by atoms with Crippen LogP contribution in [0.3, 0.4) is 0 Å². The normalized spacial score (nSPS) is 14.0. The summed E-state index contributed by atoms with van der Waals surface area (Å²) in [5.74, 6) is -4.20. The van der Waals surface area contributed by atoms with E-state index in [4.69, 9.17) is 0 Å². The SMILES string of the molecule is O=C(CCn1cnc2sc3c(c2c1=O)CCCC3)Nc1ccccc1S(=O)(=O)C(F)F. The molecule has 2 aromatic heterocycles. The van der Waals surface area contributed by atoms with Crippen molar-refractivity contribution < 1.29 is 22.0 Å². The molecule has 0 radical (unpaired) electrons. The Morgan fingerprint density at radius 1 is 1.23 bits per heavy atom. The molecule has 1 amide bonds. The second kappa shape index (κ2) is 8.46. The van der Waals surface area contributed by atoms with Crippen molar-refractivity contribution in [2.45, 2.75) is 49.3 Å². The molecular formula is C20H19F2N3O4S2. The molecular weight excluding hydrogens is 448 g/mol. The summed E-state index contributed by atoms with van der Waals surface area (Å²) in [6.45, 7) is 0.0298. The van der Waals surface area contributed by atoms with Gasteiger partial charge in [-0.25, -0.2) is 13.4 Å². The Morgan fingerprint density at radius 3 is 2.74 bits per heavy atom. The van der Waals surface area contributed by atoms with Crippen LogP contribution in [0.2, 0.25) is 0 Å². The number of thiophene rings is 1. The van der Waals surface area contributed by atoms with Crippen LogP contribution >= 0.6 is 11.3 Å². The van der Waals surface area contributed by atoms with Gasteiger partial charge in [-0.3, -0.25) is 14.2 Å². The number of halogens is 2. The van der Waals surface area contributed by atoms with E-state index in [9.17, 15) is 26.8 Å². The second-order valence-electron chi connectivity index (χ2n) is 7.23. The lowest BCUT2D eigenvalue weighted by Crippen LogP contribution is -2.24. The first kappa shape index (κ1) is 21.6. The van der Waals surface area contributed by atoms with Crippen LogP contribution in [0.15, 0.2) is 40.3 Å². The van der Waals surface area contributed by atoms with Gasteiger partial charge in [0.15, 0.2) is 0 Å². The third-order valence-corrected chi connectivity index (χ3v) is 7.86. The highest BCUT2D eigenvalue weighted by Gasteiger charge is 2.29. The van der Waals surface area contributed by atoms with Crippen LogP contribution in [0.5, 0.6) is 0 Å². The molecule has 0 spiro atoms. The van der Waals surface area contributed by atoms with Crippen molar-refractivity contribution in [3.63, 3.8) is 0 Å². The molecule has 1 aliphatic carbocycles. The van der Waals surface area contributed by atoms with E-state index in [2.05, 4.69) is 10.3 Å². The zero-order valence-corrected chi connectivity index (χ0v) is 17.9. The van der Waals surface area contributed by atoms with E-state index >= 15 is 0 Å². The lowest BCUT2D eigenvalue weighted by Gasteiger charge is -2.12. The van der Waals surface area contributed by atoms with Crippen LogP contribution in [-0.4, -0.2) is 29.6 Å². The first-order chi connectivity index (χ1) is 14.8. The second-order valence-corrected chi connectivity index (χ2v) is 10.2. The fourth-order valence-corrected chi connectivity index (χ4v) is 5.79. The number of carbonyl (C=O) groups is 1. The summed E-state index contributed by atoms with van der Waals surface area (Å²) in [4.78, 5) is 30.9. The van der Waals surface area contributed by atoms with Crippen molar-refractivity contribution in [2.75, 3.05) is 5.32 Å². The lowest BCUT2D eigenvalue weighted by atomic mass is 9.97. The monoisotopic (exact) mass is 467 g/mol. The number of rotatable bonds is 6. The van der Waals surface area contributed by atoms with E-state index in [0.29, 0.717) is 10.2 Å². The number of carbonyl (C=O) groups excluding carboxylic acids is 1. The number of para-hydroxylation sites is 1. The lowest BCUT2D eigenvalue weighted by molar-refractivity contribution is -0.116. The number of sulfone groups is 1. The zero-order chi connectivity index (χ0) is 22.2. The number of nitrogens with zero attached hydrogens (tertiary/aromatic N) is 2. The van der Waals surface area contributed by atoms with Gasteiger partial charge < -0.3 is 5.32 Å². The van der Waals surface area contributed by atoms with Crippen LogP contribution in [0.4, 0.5) is 14.5 Å². The highest BCUT2D eigenvalue weighted by Crippen LogP contribution is 2.33. The van der Waals surface area contributed by atoms with Crippen molar-refractivity contribution >= 4 is 43.0 Å². The van der Waals surface area contributed by atoms with E-state index in [1.54, 1.807) is 0 Å². The van der Waals surface area contributed by atoms with Crippen molar-refractivity contribution in [3.05, 3.63) is 51.4 Å². The Hall–Kier alpha value is -2.66. The van der Waals surface area contributed by atoms with Gasteiger partial charge in [-0.05, 0) is 43.4 Å². The van der Waals surface area contributed by atoms with Gasteiger partial charge in [-0.2, -0.15) is 8.78 Å². The summed E-state index contributed by atoms with van der Waals surface area (Å²) in [5.41, 5.74) is 0.618. The van der Waals surface area contributed by atoms with Gasteiger partial charge in [-0.1, -0.05) is 12.1 Å². The molecule has 0 saturated carbocycles. The third kappa shape index (κ3) is 4.11. The predicted molar refractivity (Wildman–Crippen MR) is 113 cm³/mol. The molecule has 1 N–H and O–H groups in total. The number of nitrogens with one attached hydrogen (secondary N) is 1. The molecule has 0 aliphatic heterocycles. The molecule has 1 aliphatic rings. The van der Waals surface area contributed by atoms with Gasteiger partial charge in [0.2, 0.25) is 15.7 Å². The van der Waals surface area contributed by atoms with Crippen molar-refractivity contribution in [1.82, 2.24) is 9.55 Å². The van der Waals surface area contributed by atoms with E-state index in [1.807, 2.05) is 0 Å². The number of alkyl halides is 2. The third-order valence-electron chi connectivity index (χ3n) is 5.22. The van der Waals surface area contributed by atoms with E-state index < -0.39 is 26.4 Å². The van der Waals surface area contributed by atoms with Gasteiger partial charge in [0.25, 0.3) is 5.56 Å². The number of aryl methyl sites for hydroxylation is 3. The first-order valence-electron chi connectivity index (χ1n) is 9.69. The topological polar surface area (TPSA) is 98.1 Å². The molecule has 0 saturated heterocycles. The number of benzene rings is 1. The molecule has 0 fully saturated rings. The molecule has 0 bridgehead atoms. The molecule has 0 unspecified atom stereocenters. The molecule has 31 heavy (non-hydrogen) atoms. The van der Waals surface area contributed by atoms with Crippen molar-refractivity contribution in [3.8, 4) is 0 Å². The van der Waals surface area contributed by atoms with Crippen LogP contribution in [0.25, 0.3) is 10.2 Å². The fourth-order valence-electron chi connectivity index (χ4n) is 3.69. The average molecular weight is 468 g/mol. The van der Waals surface area contributed by atoms with Gasteiger partial charge in [0.1, 0.15) is 4.83 Å². The van der Waals surface area contributed by atoms with Crippen LogP contribution in [-0.2, 0) is 34.0 Å². The summed E-state index contributed by atoms with van der Waals surface area (Å²) in [6, 6.07) is 4.98. The molecule has 11 heteroatoms. The van der Waals surface area contributed by atoms with Crippen LogP contribution < -0.4 is 10.9 Å². The number of aromatic nitrogens is 2. The largest absolute Gasteiger partial charge is 0.341 e. The summed E-state index contributed by atoms with van der Waals surface area (Å²) in [6.07, 6.45) is 5.15. The minimum atomic E-state index is -4.87. The highest BCUT2D eigenvalue weighted by atomic mass is 32.2. The Morgan fingerprint density at radius 2 is 1.97 bits per heavy atom. The minimum Gasteiger partial charge on any atom is -0.325 e.